The van der Waals surface area contributed by atoms with Crippen molar-refractivity contribution in [2.75, 3.05) is 32.1 Å². The number of hydrogen-bond donors (Lipinski definition) is 2. The van der Waals surface area contributed by atoms with Crippen LogP contribution in [-0.2, 0) is 9.53 Å². The Morgan fingerprint density at radius 3 is 2.62 bits per heavy atom. The molecule has 1 aromatic carbocycles. The van der Waals surface area contributed by atoms with Crippen LogP contribution in [0.15, 0.2) is 24.3 Å². The number of hydrogen-bond acceptors (Lipinski definition) is 4. The number of rotatable bonds is 10. The number of anilines is 1. The molecule has 0 heterocycles. The molecule has 0 aliphatic rings. The van der Waals surface area contributed by atoms with Gasteiger partial charge < -0.3 is 20.1 Å². The van der Waals surface area contributed by atoms with Crippen molar-refractivity contribution in [2.45, 2.75) is 32.8 Å². The molecule has 0 saturated carbocycles. The lowest BCUT2D eigenvalue weighted by molar-refractivity contribution is -0.119. The zero-order chi connectivity index (χ0) is 15.5. The van der Waals surface area contributed by atoms with Gasteiger partial charge in [-0.1, -0.05) is 6.92 Å². The second kappa shape index (κ2) is 10.0. The molecule has 0 aliphatic carbocycles. The van der Waals surface area contributed by atoms with Crippen LogP contribution in [0.1, 0.15) is 26.7 Å². The molecule has 5 heteroatoms. The number of carbonyl (C=O) groups is 1. The lowest BCUT2D eigenvalue weighted by atomic mass is 10.3. The molecule has 1 amide bonds. The van der Waals surface area contributed by atoms with Crippen molar-refractivity contribution in [3.8, 4) is 5.75 Å². The molecule has 0 saturated heterocycles. The van der Waals surface area contributed by atoms with Crippen molar-refractivity contribution in [1.82, 2.24) is 5.32 Å². The summed E-state index contributed by atoms with van der Waals surface area (Å²) in [5.41, 5.74) is 0.901. The van der Waals surface area contributed by atoms with Gasteiger partial charge in [0.2, 0.25) is 5.91 Å². The lowest BCUT2D eigenvalue weighted by Crippen LogP contribution is -2.31. The maximum atomic E-state index is 11.6. The second-order valence-corrected chi connectivity index (χ2v) is 4.91. The first-order valence-corrected chi connectivity index (χ1v) is 7.42. The summed E-state index contributed by atoms with van der Waals surface area (Å²) < 4.78 is 10.6. The third-order valence-electron chi connectivity index (χ3n) is 3.07. The largest absolute Gasteiger partial charge is 0.491 e. The Labute approximate surface area is 127 Å². The predicted molar refractivity (Wildman–Crippen MR) is 84.8 cm³/mol. The highest BCUT2D eigenvalue weighted by molar-refractivity contribution is 5.80. The van der Waals surface area contributed by atoms with Crippen molar-refractivity contribution >= 4 is 11.6 Å². The molecule has 0 aliphatic heterocycles. The summed E-state index contributed by atoms with van der Waals surface area (Å²) in [5.74, 6) is 0.824. The molecule has 1 aromatic rings. The molecular weight excluding hydrogens is 268 g/mol. The lowest BCUT2D eigenvalue weighted by Gasteiger charge is -2.13. The van der Waals surface area contributed by atoms with Crippen LogP contribution >= 0.6 is 0 Å². The van der Waals surface area contributed by atoms with E-state index in [4.69, 9.17) is 9.47 Å². The Balaban J connectivity index is 2.27. The highest BCUT2D eigenvalue weighted by atomic mass is 16.5. The van der Waals surface area contributed by atoms with E-state index in [1.165, 1.54) is 0 Å². The molecule has 1 rings (SSSR count). The SMILES string of the molecule is CCC(C)Oc1ccc(NCC(=O)NCCCOC)cc1. The van der Waals surface area contributed by atoms with Crippen molar-refractivity contribution in [2.24, 2.45) is 0 Å². The molecule has 0 fully saturated rings. The molecule has 0 radical (unpaired) electrons. The molecule has 1 atom stereocenters. The maximum absolute atomic E-state index is 11.6. The van der Waals surface area contributed by atoms with Gasteiger partial charge in [-0.15, -0.1) is 0 Å². The fraction of sp³-hybridized carbons (Fsp3) is 0.562. The van der Waals surface area contributed by atoms with Crippen LogP contribution in [0.25, 0.3) is 0 Å². The normalized spacial score (nSPS) is 11.8. The van der Waals surface area contributed by atoms with Gasteiger partial charge >= 0.3 is 0 Å². The number of methoxy groups -OCH3 is 1. The van der Waals surface area contributed by atoms with Crippen molar-refractivity contribution in [3.63, 3.8) is 0 Å². The third-order valence-corrected chi connectivity index (χ3v) is 3.07. The topological polar surface area (TPSA) is 59.6 Å². The van der Waals surface area contributed by atoms with Crippen LogP contribution in [-0.4, -0.2) is 38.8 Å². The molecule has 5 nitrogen and oxygen atoms in total. The van der Waals surface area contributed by atoms with Gasteiger partial charge in [0, 0.05) is 25.9 Å². The Kier molecular flexibility index (Phi) is 8.28. The minimum absolute atomic E-state index is 0.0222. The zero-order valence-electron chi connectivity index (χ0n) is 13.1. The van der Waals surface area contributed by atoms with Gasteiger partial charge in [0.1, 0.15) is 5.75 Å². The van der Waals surface area contributed by atoms with Crippen LogP contribution in [0, 0.1) is 0 Å². The van der Waals surface area contributed by atoms with Gasteiger partial charge in [-0.25, -0.2) is 0 Å². The highest BCUT2D eigenvalue weighted by Gasteiger charge is 2.03. The van der Waals surface area contributed by atoms with Crippen LogP contribution in [0.4, 0.5) is 5.69 Å². The monoisotopic (exact) mass is 294 g/mol. The third kappa shape index (κ3) is 7.56. The maximum Gasteiger partial charge on any atom is 0.239 e. The summed E-state index contributed by atoms with van der Waals surface area (Å²) in [4.78, 5) is 11.6. The first kappa shape index (κ1) is 17.3. The van der Waals surface area contributed by atoms with Crippen molar-refractivity contribution in [1.29, 1.82) is 0 Å². The summed E-state index contributed by atoms with van der Waals surface area (Å²) in [6.45, 7) is 5.69. The zero-order valence-corrected chi connectivity index (χ0v) is 13.1. The molecule has 2 N–H and O–H groups in total. The Morgan fingerprint density at radius 2 is 2.00 bits per heavy atom. The van der Waals surface area contributed by atoms with Gasteiger partial charge in [-0.2, -0.15) is 0 Å². The van der Waals surface area contributed by atoms with E-state index in [9.17, 15) is 4.79 Å². The van der Waals surface area contributed by atoms with E-state index >= 15 is 0 Å². The van der Waals surface area contributed by atoms with E-state index in [1.807, 2.05) is 31.2 Å². The highest BCUT2D eigenvalue weighted by Crippen LogP contribution is 2.17. The molecule has 118 valence electrons. The van der Waals surface area contributed by atoms with E-state index in [2.05, 4.69) is 17.6 Å². The molecule has 0 aromatic heterocycles. The molecule has 0 spiro atoms. The smallest absolute Gasteiger partial charge is 0.239 e. The summed E-state index contributed by atoms with van der Waals surface area (Å²) in [6, 6.07) is 7.64. The van der Waals surface area contributed by atoms with Gasteiger partial charge in [0.05, 0.1) is 12.6 Å². The minimum Gasteiger partial charge on any atom is -0.491 e. The fourth-order valence-electron chi connectivity index (χ4n) is 1.66. The molecule has 0 bridgehead atoms. The van der Waals surface area contributed by atoms with Crippen LogP contribution in [0.3, 0.4) is 0 Å². The summed E-state index contributed by atoms with van der Waals surface area (Å²) in [6.07, 6.45) is 2.01. The van der Waals surface area contributed by atoms with Gasteiger partial charge in [-0.05, 0) is 44.0 Å². The number of carbonyl (C=O) groups excluding carboxylic acids is 1. The molecular formula is C16H26N2O3. The average molecular weight is 294 g/mol. The van der Waals surface area contributed by atoms with Crippen LogP contribution in [0.2, 0.25) is 0 Å². The Morgan fingerprint density at radius 1 is 1.29 bits per heavy atom. The molecule has 1 unspecified atom stereocenters. The minimum atomic E-state index is -0.0222. The fourth-order valence-corrected chi connectivity index (χ4v) is 1.66. The van der Waals surface area contributed by atoms with E-state index in [0.717, 1.165) is 24.3 Å². The van der Waals surface area contributed by atoms with Crippen LogP contribution < -0.4 is 15.4 Å². The predicted octanol–water partition coefficient (Wildman–Crippen LogP) is 2.43. The van der Waals surface area contributed by atoms with Gasteiger partial charge in [-0.3, -0.25) is 4.79 Å². The number of ether oxygens (including phenoxy) is 2. The first-order valence-electron chi connectivity index (χ1n) is 7.42. The Hall–Kier alpha value is -1.75. The molecule has 21 heavy (non-hydrogen) atoms. The summed E-state index contributed by atoms with van der Waals surface area (Å²) >= 11 is 0. The van der Waals surface area contributed by atoms with Gasteiger partial charge in [0.25, 0.3) is 0 Å². The number of amides is 1. The van der Waals surface area contributed by atoms with Crippen molar-refractivity contribution < 1.29 is 14.3 Å². The van der Waals surface area contributed by atoms with Crippen molar-refractivity contribution in [3.05, 3.63) is 24.3 Å². The number of benzene rings is 1. The van der Waals surface area contributed by atoms with E-state index < -0.39 is 0 Å². The van der Waals surface area contributed by atoms with E-state index in [1.54, 1.807) is 7.11 Å². The average Bonchev–Trinajstić information content (AvgIpc) is 2.50. The quantitative estimate of drug-likeness (QED) is 0.651. The van der Waals surface area contributed by atoms with Gasteiger partial charge in [0.15, 0.2) is 0 Å². The standard InChI is InChI=1S/C16H26N2O3/c1-4-13(2)21-15-8-6-14(7-9-15)18-12-16(19)17-10-5-11-20-3/h6-9,13,18H,4-5,10-12H2,1-3H3,(H,17,19). The van der Waals surface area contributed by atoms with Crippen LogP contribution in [0.5, 0.6) is 5.75 Å². The Bertz CT molecular complexity index is 406. The first-order chi connectivity index (χ1) is 10.2. The van der Waals surface area contributed by atoms with E-state index in [-0.39, 0.29) is 18.6 Å². The van der Waals surface area contributed by atoms with E-state index in [0.29, 0.717) is 13.2 Å². The summed E-state index contributed by atoms with van der Waals surface area (Å²) in [7, 11) is 1.65. The summed E-state index contributed by atoms with van der Waals surface area (Å²) in [5, 5.41) is 5.91. The number of nitrogens with one attached hydrogen (secondary N) is 2. The second-order valence-electron chi connectivity index (χ2n) is 4.91.